The predicted octanol–water partition coefficient (Wildman–Crippen LogP) is 0.0917. The molecule has 0 amide bonds. The van der Waals surface area contributed by atoms with Crippen molar-refractivity contribution in [3.05, 3.63) is 62.3 Å². The first kappa shape index (κ1) is 23.8. The maximum atomic E-state index is 13.4. The first-order valence-corrected chi connectivity index (χ1v) is 13.8. The van der Waals surface area contributed by atoms with E-state index in [0.29, 0.717) is 18.9 Å². The molecule has 0 fully saturated rings. The molecule has 4 rings (SSSR count). The van der Waals surface area contributed by atoms with Crippen LogP contribution in [0.25, 0.3) is 11.3 Å². The number of fused-ring (bicyclic) bond motifs is 2. The van der Waals surface area contributed by atoms with Crippen LogP contribution in [0, 0.1) is 5.92 Å². The van der Waals surface area contributed by atoms with Gasteiger partial charge in [0.05, 0.1) is 17.6 Å². The van der Waals surface area contributed by atoms with E-state index >= 15 is 0 Å². The van der Waals surface area contributed by atoms with Crippen molar-refractivity contribution < 1.29 is 16.8 Å². The van der Waals surface area contributed by atoms with Crippen LogP contribution in [-0.2, 0) is 26.6 Å². The van der Waals surface area contributed by atoms with Gasteiger partial charge in [0, 0.05) is 19.8 Å². The van der Waals surface area contributed by atoms with Crippen molar-refractivity contribution >= 4 is 42.8 Å². The van der Waals surface area contributed by atoms with Gasteiger partial charge >= 0.3 is 0 Å². The fourth-order valence-electron chi connectivity index (χ4n) is 3.71. The molecule has 3 heterocycles. The molecule has 0 atom stereocenters. The van der Waals surface area contributed by atoms with Gasteiger partial charge in [0.25, 0.3) is 15.6 Å². The Balaban J connectivity index is 1.95. The highest BCUT2D eigenvalue weighted by Crippen LogP contribution is 2.31. The zero-order chi connectivity index (χ0) is 25.0. The first-order chi connectivity index (χ1) is 15.8. The zero-order valence-electron chi connectivity index (χ0n) is 19.1. The SMILES string of the molecule is CC(C)CCn1c(=O)/c(=C2\Nc3ccc(N(C)S(C)(=O)=O)cc3S(=O)(=O)N2)c(=O)c2cccn21. The average molecular weight is 508 g/mol. The van der Waals surface area contributed by atoms with Gasteiger partial charge in [-0.1, -0.05) is 13.8 Å². The third-order valence-electron chi connectivity index (χ3n) is 5.68. The standard InChI is InChI=1S/C21H25N5O6S2/c1-13(2)9-11-26-21(28)18(19(27)16-6-5-10-25(16)26)20-22-15-8-7-14(24(3)33(4,29)30)12-17(15)34(31,32)23-20/h5-8,10,12-13,22-23H,9,11H2,1-4H3/b20-18+. The van der Waals surface area contributed by atoms with Gasteiger partial charge in [-0.25, -0.2) is 21.5 Å². The van der Waals surface area contributed by atoms with Crippen LogP contribution in [0.4, 0.5) is 11.4 Å². The molecule has 0 unspecified atom stereocenters. The van der Waals surface area contributed by atoms with Gasteiger partial charge in [0.1, 0.15) is 21.5 Å². The number of nitrogens with zero attached hydrogens (tertiary/aromatic N) is 3. The minimum absolute atomic E-state index is 0.113. The van der Waals surface area contributed by atoms with E-state index in [-0.39, 0.29) is 32.8 Å². The smallest absolute Gasteiger partial charge is 0.280 e. The van der Waals surface area contributed by atoms with E-state index in [9.17, 15) is 26.4 Å². The maximum Gasteiger partial charge on any atom is 0.280 e. The lowest BCUT2D eigenvalue weighted by molar-refractivity contribution is 0.455. The second-order valence-electron chi connectivity index (χ2n) is 8.57. The Labute approximate surface area is 196 Å². The lowest BCUT2D eigenvalue weighted by Crippen LogP contribution is -2.52. The van der Waals surface area contributed by atoms with Crippen molar-refractivity contribution in [1.82, 2.24) is 13.9 Å². The highest BCUT2D eigenvalue weighted by atomic mass is 32.2. The zero-order valence-corrected chi connectivity index (χ0v) is 20.7. The molecule has 1 aliphatic rings. The molecule has 0 radical (unpaired) electrons. The average Bonchev–Trinajstić information content (AvgIpc) is 3.22. The van der Waals surface area contributed by atoms with Gasteiger partial charge in [-0.3, -0.25) is 23.1 Å². The van der Waals surface area contributed by atoms with Crippen LogP contribution < -0.4 is 30.6 Å². The first-order valence-electron chi connectivity index (χ1n) is 10.5. The summed E-state index contributed by atoms with van der Waals surface area (Å²) < 4.78 is 56.0. The van der Waals surface area contributed by atoms with Crippen LogP contribution in [0.15, 0.2) is 51.0 Å². The molecular weight excluding hydrogens is 482 g/mol. The Bertz CT molecular complexity index is 1690. The van der Waals surface area contributed by atoms with E-state index in [2.05, 4.69) is 10.0 Å². The molecule has 2 aromatic heterocycles. The Morgan fingerprint density at radius 1 is 1.15 bits per heavy atom. The third-order valence-corrected chi connectivity index (χ3v) is 8.27. The molecule has 1 aliphatic heterocycles. The van der Waals surface area contributed by atoms with Crippen molar-refractivity contribution in [2.45, 2.75) is 31.7 Å². The number of aromatic nitrogens is 2. The maximum absolute atomic E-state index is 13.4. The molecule has 13 heteroatoms. The van der Waals surface area contributed by atoms with Crippen LogP contribution in [0.5, 0.6) is 0 Å². The normalized spacial score (nSPS) is 16.7. The van der Waals surface area contributed by atoms with E-state index in [1.54, 1.807) is 18.3 Å². The lowest BCUT2D eigenvalue weighted by atomic mass is 10.1. The summed E-state index contributed by atoms with van der Waals surface area (Å²) in [7, 11) is -6.52. The molecule has 1 aromatic carbocycles. The van der Waals surface area contributed by atoms with Gasteiger partial charge in [0.15, 0.2) is 0 Å². The summed E-state index contributed by atoms with van der Waals surface area (Å²) in [5.74, 6) is 0.0618. The van der Waals surface area contributed by atoms with Gasteiger partial charge in [0.2, 0.25) is 15.5 Å². The summed E-state index contributed by atoms with van der Waals surface area (Å²) in [6.45, 7) is 4.37. The molecule has 0 saturated heterocycles. The molecule has 0 bridgehead atoms. The number of hydrogen-bond acceptors (Lipinski definition) is 7. The number of rotatable bonds is 5. The van der Waals surface area contributed by atoms with Gasteiger partial charge in [-0.05, 0) is 42.7 Å². The number of aryl methyl sites for hydroxylation is 1. The molecule has 34 heavy (non-hydrogen) atoms. The minimum atomic E-state index is -4.22. The molecule has 0 spiro atoms. The molecule has 3 aromatic rings. The number of anilines is 2. The van der Waals surface area contributed by atoms with Gasteiger partial charge in [-0.2, -0.15) is 0 Å². The van der Waals surface area contributed by atoms with Crippen LogP contribution in [0.3, 0.4) is 0 Å². The van der Waals surface area contributed by atoms with E-state index < -0.39 is 31.0 Å². The van der Waals surface area contributed by atoms with E-state index in [1.165, 1.54) is 34.4 Å². The Morgan fingerprint density at radius 2 is 1.85 bits per heavy atom. The number of benzene rings is 1. The summed E-state index contributed by atoms with van der Waals surface area (Å²) in [6, 6.07) is 7.24. The number of nitrogens with one attached hydrogen (secondary N) is 2. The summed E-state index contributed by atoms with van der Waals surface area (Å²) in [6.07, 6.45) is 3.29. The highest BCUT2D eigenvalue weighted by molar-refractivity contribution is 7.92. The molecule has 182 valence electrons. The Hall–Kier alpha value is -3.32. The minimum Gasteiger partial charge on any atom is -0.339 e. The van der Waals surface area contributed by atoms with E-state index in [1.807, 2.05) is 13.8 Å². The van der Waals surface area contributed by atoms with Crippen molar-refractivity contribution in [3.8, 4) is 0 Å². The van der Waals surface area contributed by atoms with E-state index in [0.717, 1.165) is 10.6 Å². The number of sulfonamides is 2. The van der Waals surface area contributed by atoms with Crippen LogP contribution in [-0.4, -0.2) is 39.3 Å². The monoisotopic (exact) mass is 507 g/mol. The summed E-state index contributed by atoms with van der Waals surface area (Å²) in [5, 5.41) is 2.52. The fourth-order valence-corrected chi connectivity index (χ4v) is 5.42. The number of hydrogen-bond donors (Lipinski definition) is 2. The Morgan fingerprint density at radius 3 is 2.50 bits per heavy atom. The lowest BCUT2D eigenvalue weighted by Gasteiger charge is -2.25. The molecule has 11 nitrogen and oxygen atoms in total. The third kappa shape index (κ3) is 4.05. The van der Waals surface area contributed by atoms with E-state index in [4.69, 9.17) is 0 Å². The summed E-state index contributed by atoms with van der Waals surface area (Å²) in [5.41, 5.74) is -0.744. The van der Waals surface area contributed by atoms with Crippen LogP contribution >= 0.6 is 0 Å². The highest BCUT2D eigenvalue weighted by Gasteiger charge is 2.29. The second-order valence-corrected chi connectivity index (χ2v) is 12.2. The quantitative estimate of drug-likeness (QED) is 0.499. The summed E-state index contributed by atoms with van der Waals surface area (Å²) in [4.78, 5) is 26.3. The van der Waals surface area contributed by atoms with Crippen molar-refractivity contribution in [2.24, 2.45) is 5.92 Å². The topological polar surface area (TPSA) is 139 Å². The van der Waals surface area contributed by atoms with Crippen molar-refractivity contribution in [2.75, 3.05) is 22.9 Å². The van der Waals surface area contributed by atoms with Crippen LogP contribution in [0.2, 0.25) is 0 Å². The second kappa shape index (κ2) is 8.17. The van der Waals surface area contributed by atoms with Crippen molar-refractivity contribution in [3.63, 3.8) is 0 Å². The molecule has 0 saturated carbocycles. The predicted molar refractivity (Wildman–Crippen MR) is 130 cm³/mol. The Kier molecular flexibility index (Phi) is 5.72. The molecule has 0 aliphatic carbocycles. The summed E-state index contributed by atoms with van der Waals surface area (Å²) >= 11 is 0. The van der Waals surface area contributed by atoms with Crippen LogP contribution in [0.1, 0.15) is 20.3 Å². The van der Waals surface area contributed by atoms with Gasteiger partial charge in [-0.15, -0.1) is 0 Å². The largest absolute Gasteiger partial charge is 0.339 e. The van der Waals surface area contributed by atoms with Gasteiger partial charge < -0.3 is 5.32 Å². The molecular formula is C21H25N5O6S2. The molecule has 2 N–H and O–H groups in total. The van der Waals surface area contributed by atoms with Crippen molar-refractivity contribution in [1.29, 1.82) is 0 Å². The fraction of sp³-hybridized carbons (Fsp3) is 0.333.